The zero-order valence-electron chi connectivity index (χ0n) is 11.5. The van der Waals surface area contributed by atoms with E-state index in [1.54, 1.807) is 0 Å². The fourth-order valence-corrected chi connectivity index (χ4v) is 3.10. The first kappa shape index (κ1) is 13.3. The van der Waals surface area contributed by atoms with E-state index in [4.69, 9.17) is 10.7 Å². The van der Waals surface area contributed by atoms with Gasteiger partial charge in [0.2, 0.25) is 0 Å². The number of nitrogens with two attached hydrogens (primary N) is 1. The smallest absolute Gasteiger partial charge is 0.140 e. The summed E-state index contributed by atoms with van der Waals surface area (Å²) in [6.45, 7) is 2.63. The summed E-state index contributed by atoms with van der Waals surface area (Å²) >= 11 is 3.55. The highest BCUT2D eigenvalue weighted by Crippen LogP contribution is 2.27. The minimum atomic E-state index is 0.540. The zero-order valence-corrected chi connectivity index (χ0v) is 13.1. The van der Waals surface area contributed by atoms with Gasteiger partial charge in [-0.15, -0.1) is 0 Å². The van der Waals surface area contributed by atoms with Crippen LogP contribution >= 0.6 is 15.9 Å². The highest BCUT2D eigenvalue weighted by Gasteiger charge is 2.11. The first-order chi connectivity index (χ1) is 9.58. The molecule has 0 fully saturated rings. The van der Waals surface area contributed by atoms with E-state index >= 15 is 0 Å². The Morgan fingerprint density at radius 1 is 1.20 bits per heavy atom. The Morgan fingerprint density at radius 2 is 2.00 bits per heavy atom. The quantitative estimate of drug-likeness (QED) is 0.777. The predicted molar refractivity (Wildman–Crippen MR) is 86.5 cm³/mol. The van der Waals surface area contributed by atoms with Gasteiger partial charge in [0.15, 0.2) is 0 Å². The Kier molecular flexibility index (Phi) is 3.36. The van der Waals surface area contributed by atoms with Gasteiger partial charge in [0.25, 0.3) is 0 Å². The lowest BCUT2D eigenvalue weighted by Gasteiger charge is -2.05. The molecular weight excluding hydrogens is 314 g/mol. The summed E-state index contributed by atoms with van der Waals surface area (Å²) in [5.74, 6) is 0.971. The molecule has 0 aliphatic rings. The van der Waals surface area contributed by atoms with Crippen LogP contribution in [0.4, 0.5) is 0 Å². The molecule has 3 aromatic rings. The van der Waals surface area contributed by atoms with Gasteiger partial charge in [-0.3, -0.25) is 0 Å². The predicted octanol–water partition coefficient (Wildman–Crippen LogP) is 3.77. The largest absolute Gasteiger partial charge is 0.327 e. The van der Waals surface area contributed by atoms with Gasteiger partial charge in [0.1, 0.15) is 5.82 Å². The molecule has 1 heterocycles. The second-order valence-electron chi connectivity index (χ2n) is 5.04. The zero-order chi connectivity index (χ0) is 14.3. The van der Waals surface area contributed by atoms with Crippen LogP contribution in [0.1, 0.15) is 11.1 Å². The van der Waals surface area contributed by atoms with Crippen LogP contribution in [0.25, 0.3) is 22.4 Å². The highest BCUT2D eigenvalue weighted by atomic mass is 79.9. The molecule has 0 radical (unpaired) electrons. The van der Waals surface area contributed by atoms with Crippen LogP contribution in [0.3, 0.4) is 0 Å². The lowest BCUT2D eigenvalue weighted by Crippen LogP contribution is -1.96. The van der Waals surface area contributed by atoms with E-state index in [1.807, 2.05) is 7.05 Å². The van der Waals surface area contributed by atoms with Gasteiger partial charge >= 0.3 is 0 Å². The molecule has 2 aromatic carbocycles. The molecule has 3 nitrogen and oxygen atoms in total. The number of aryl methyl sites for hydroxylation is 2. The fourth-order valence-electron chi connectivity index (χ4n) is 2.50. The Balaban J connectivity index is 2.23. The summed E-state index contributed by atoms with van der Waals surface area (Å²) in [5.41, 5.74) is 11.2. The summed E-state index contributed by atoms with van der Waals surface area (Å²) in [6.07, 6.45) is 0. The van der Waals surface area contributed by atoms with Crippen molar-refractivity contribution >= 4 is 27.0 Å². The summed E-state index contributed by atoms with van der Waals surface area (Å²) < 4.78 is 3.19. The van der Waals surface area contributed by atoms with E-state index < -0.39 is 0 Å². The lowest BCUT2D eigenvalue weighted by molar-refractivity contribution is 0.958. The molecule has 0 unspecified atom stereocenters. The average Bonchev–Trinajstić information content (AvgIpc) is 2.74. The fraction of sp³-hybridized carbons (Fsp3) is 0.188. The van der Waals surface area contributed by atoms with Crippen molar-refractivity contribution in [3.63, 3.8) is 0 Å². The Labute approximate surface area is 126 Å². The van der Waals surface area contributed by atoms with E-state index in [0.29, 0.717) is 6.54 Å². The third kappa shape index (κ3) is 2.25. The topological polar surface area (TPSA) is 43.8 Å². The molecule has 0 aliphatic carbocycles. The maximum absolute atomic E-state index is 5.70. The number of halogens is 1. The monoisotopic (exact) mass is 329 g/mol. The number of benzene rings is 2. The number of fused-ring (bicyclic) bond motifs is 1. The molecule has 0 bridgehead atoms. The van der Waals surface area contributed by atoms with Crippen molar-refractivity contribution in [1.82, 2.24) is 9.55 Å². The second kappa shape index (κ2) is 5.04. The van der Waals surface area contributed by atoms with Crippen molar-refractivity contribution < 1.29 is 0 Å². The normalized spacial score (nSPS) is 11.2. The molecular formula is C16H16BrN3. The van der Waals surface area contributed by atoms with Crippen LogP contribution in [0.2, 0.25) is 0 Å². The molecule has 3 rings (SSSR count). The van der Waals surface area contributed by atoms with Gasteiger partial charge in [-0.1, -0.05) is 22.0 Å². The molecule has 4 heteroatoms. The van der Waals surface area contributed by atoms with Crippen molar-refractivity contribution in [3.8, 4) is 11.4 Å². The van der Waals surface area contributed by atoms with Crippen molar-refractivity contribution in [2.45, 2.75) is 13.5 Å². The van der Waals surface area contributed by atoms with Gasteiger partial charge in [-0.2, -0.15) is 0 Å². The second-order valence-corrected chi connectivity index (χ2v) is 5.95. The molecule has 0 saturated heterocycles. The van der Waals surface area contributed by atoms with Crippen molar-refractivity contribution in [2.24, 2.45) is 12.8 Å². The Morgan fingerprint density at radius 3 is 2.70 bits per heavy atom. The van der Waals surface area contributed by atoms with Crippen LogP contribution in [0.15, 0.2) is 40.9 Å². The Hall–Kier alpha value is -1.65. The highest BCUT2D eigenvalue weighted by molar-refractivity contribution is 9.10. The minimum Gasteiger partial charge on any atom is -0.327 e. The lowest BCUT2D eigenvalue weighted by atomic mass is 10.1. The molecule has 0 amide bonds. The number of hydrogen-bond donors (Lipinski definition) is 1. The number of imidazole rings is 1. The van der Waals surface area contributed by atoms with Gasteiger partial charge in [0, 0.05) is 23.6 Å². The standard InChI is InChI=1S/C16H16BrN3/c1-10-5-12(8-13(17)6-10)16-19-14-7-11(9-18)3-4-15(14)20(16)2/h3-8H,9,18H2,1-2H3. The molecule has 20 heavy (non-hydrogen) atoms. The van der Waals surface area contributed by atoms with Crippen LogP contribution in [0.5, 0.6) is 0 Å². The number of rotatable bonds is 2. The molecule has 1 aromatic heterocycles. The van der Waals surface area contributed by atoms with E-state index in [0.717, 1.165) is 32.5 Å². The maximum atomic E-state index is 5.70. The van der Waals surface area contributed by atoms with Gasteiger partial charge in [0.05, 0.1) is 11.0 Å². The summed E-state index contributed by atoms with van der Waals surface area (Å²) in [5, 5.41) is 0. The van der Waals surface area contributed by atoms with Crippen LogP contribution in [-0.4, -0.2) is 9.55 Å². The molecule has 0 saturated carbocycles. The third-order valence-corrected chi connectivity index (χ3v) is 3.94. The molecule has 0 aliphatic heterocycles. The number of hydrogen-bond acceptors (Lipinski definition) is 2. The van der Waals surface area contributed by atoms with Crippen molar-refractivity contribution in [3.05, 3.63) is 52.0 Å². The molecule has 0 atom stereocenters. The van der Waals surface area contributed by atoms with E-state index in [9.17, 15) is 0 Å². The SMILES string of the molecule is Cc1cc(Br)cc(-c2nc3cc(CN)ccc3n2C)c1. The van der Waals surface area contributed by atoms with Crippen LogP contribution in [-0.2, 0) is 13.6 Å². The molecule has 2 N–H and O–H groups in total. The summed E-state index contributed by atoms with van der Waals surface area (Å²) in [4.78, 5) is 4.76. The van der Waals surface area contributed by atoms with Crippen LogP contribution in [0, 0.1) is 6.92 Å². The van der Waals surface area contributed by atoms with Crippen LogP contribution < -0.4 is 5.73 Å². The van der Waals surface area contributed by atoms with E-state index in [-0.39, 0.29) is 0 Å². The summed E-state index contributed by atoms with van der Waals surface area (Å²) in [7, 11) is 2.04. The average molecular weight is 330 g/mol. The molecule has 102 valence electrons. The Bertz CT molecular complexity index is 770. The maximum Gasteiger partial charge on any atom is 0.140 e. The summed E-state index contributed by atoms with van der Waals surface area (Å²) in [6, 6.07) is 12.5. The number of aromatic nitrogens is 2. The number of nitrogens with zero attached hydrogens (tertiary/aromatic N) is 2. The first-order valence-electron chi connectivity index (χ1n) is 6.51. The molecule has 0 spiro atoms. The van der Waals surface area contributed by atoms with E-state index in [2.05, 4.69) is 63.8 Å². The minimum absolute atomic E-state index is 0.540. The van der Waals surface area contributed by atoms with E-state index in [1.165, 1.54) is 5.56 Å². The van der Waals surface area contributed by atoms with Gasteiger partial charge in [-0.25, -0.2) is 4.98 Å². The third-order valence-electron chi connectivity index (χ3n) is 3.48. The van der Waals surface area contributed by atoms with Crippen molar-refractivity contribution in [2.75, 3.05) is 0 Å². The van der Waals surface area contributed by atoms with Crippen molar-refractivity contribution in [1.29, 1.82) is 0 Å². The van der Waals surface area contributed by atoms with Gasteiger partial charge < -0.3 is 10.3 Å². The van der Waals surface area contributed by atoms with Gasteiger partial charge in [-0.05, 0) is 48.4 Å². The first-order valence-corrected chi connectivity index (χ1v) is 7.31.